The molecule has 1 N–H and O–H groups in total. The van der Waals surface area contributed by atoms with Crippen LogP contribution < -0.4 is 5.32 Å². The SMILES string of the molecule is CCn1cccc1CNc1ccc(CN2CCCC2)cc1. The van der Waals surface area contributed by atoms with E-state index in [9.17, 15) is 0 Å². The Morgan fingerprint density at radius 2 is 1.81 bits per heavy atom. The first-order valence-corrected chi connectivity index (χ1v) is 8.04. The standard InChI is InChI=1S/C18H25N3/c1-2-21-13-5-6-18(21)14-19-17-9-7-16(8-10-17)15-20-11-3-4-12-20/h5-10,13,19H,2-4,11-12,14-15H2,1H3. The monoisotopic (exact) mass is 283 g/mol. The molecule has 3 heteroatoms. The van der Waals surface area contributed by atoms with Crippen molar-refractivity contribution < 1.29 is 0 Å². The summed E-state index contributed by atoms with van der Waals surface area (Å²) in [5, 5.41) is 3.51. The molecule has 0 atom stereocenters. The van der Waals surface area contributed by atoms with Gasteiger partial charge in [-0.3, -0.25) is 4.90 Å². The second kappa shape index (κ2) is 6.81. The van der Waals surface area contributed by atoms with Crippen LogP contribution in [0.4, 0.5) is 5.69 Å². The number of anilines is 1. The molecule has 3 nitrogen and oxygen atoms in total. The predicted molar refractivity (Wildman–Crippen MR) is 88.4 cm³/mol. The first-order chi connectivity index (χ1) is 10.3. The minimum absolute atomic E-state index is 0.881. The first-order valence-electron chi connectivity index (χ1n) is 8.04. The van der Waals surface area contributed by atoms with E-state index in [1.54, 1.807) is 0 Å². The van der Waals surface area contributed by atoms with Crippen molar-refractivity contribution in [3.8, 4) is 0 Å². The van der Waals surface area contributed by atoms with E-state index in [4.69, 9.17) is 0 Å². The van der Waals surface area contributed by atoms with E-state index in [2.05, 4.69) is 64.3 Å². The van der Waals surface area contributed by atoms with Gasteiger partial charge in [-0.1, -0.05) is 12.1 Å². The molecule has 21 heavy (non-hydrogen) atoms. The van der Waals surface area contributed by atoms with Crippen molar-refractivity contribution in [3.05, 3.63) is 53.9 Å². The third kappa shape index (κ3) is 3.67. The van der Waals surface area contributed by atoms with E-state index in [1.807, 2.05) is 0 Å². The molecule has 0 bridgehead atoms. The van der Waals surface area contributed by atoms with Crippen LogP contribution in [0.5, 0.6) is 0 Å². The Morgan fingerprint density at radius 1 is 1.05 bits per heavy atom. The van der Waals surface area contributed by atoms with Gasteiger partial charge in [0.2, 0.25) is 0 Å². The number of hydrogen-bond donors (Lipinski definition) is 1. The summed E-state index contributed by atoms with van der Waals surface area (Å²) in [7, 11) is 0. The molecule has 0 aliphatic carbocycles. The quantitative estimate of drug-likeness (QED) is 0.872. The van der Waals surface area contributed by atoms with Gasteiger partial charge < -0.3 is 9.88 Å². The molecule has 0 saturated carbocycles. The van der Waals surface area contributed by atoms with Crippen LogP contribution in [0, 0.1) is 0 Å². The highest BCUT2D eigenvalue weighted by Gasteiger charge is 2.11. The fourth-order valence-corrected chi connectivity index (χ4v) is 3.04. The third-order valence-electron chi connectivity index (χ3n) is 4.30. The average molecular weight is 283 g/mol. The van der Waals surface area contributed by atoms with E-state index < -0.39 is 0 Å². The van der Waals surface area contributed by atoms with Gasteiger partial charge in [-0.25, -0.2) is 0 Å². The van der Waals surface area contributed by atoms with Gasteiger partial charge in [0.15, 0.2) is 0 Å². The van der Waals surface area contributed by atoms with Gasteiger partial charge >= 0.3 is 0 Å². The molecule has 1 aromatic heterocycles. The predicted octanol–water partition coefficient (Wildman–Crippen LogP) is 3.72. The van der Waals surface area contributed by atoms with E-state index in [0.717, 1.165) is 19.6 Å². The van der Waals surface area contributed by atoms with Gasteiger partial charge in [-0.15, -0.1) is 0 Å². The lowest BCUT2D eigenvalue weighted by atomic mass is 10.2. The number of hydrogen-bond acceptors (Lipinski definition) is 2. The number of nitrogens with zero attached hydrogens (tertiary/aromatic N) is 2. The molecule has 1 saturated heterocycles. The minimum Gasteiger partial charge on any atom is -0.379 e. The van der Waals surface area contributed by atoms with Gasteiger partial charge in [-0.2, -0.15) is 0 Å². The molecule has 2 heterocycles. The van der Waals surface area contributed by atoms with Crippen LogP contribution in [0.25, 0.3) is 0 Å². The Morgan fingerprint density at radius 3 is 2.52 bits per heavy atom. The first kappa shape index (κ1) is 14.2. The van der Waals surface area contributed by atoms with E-state index in [-0.39, 0.29) is 0 Å². The third-order valence-corrected chi connectivity index (χ3v) is 4.30. The lowest BCUT2D eigenvalue weighted by Gasteiger charge is -2.15. The maximum absolute atomic E-state index is 3.51. The molecule has 2 aromatic rings. The number of rotatable bonds is 6. The fraction of sp³-hybridized carbons (Fsp3) is 0.444. The zero-order chi connectivity index (χ0) is 14.5. The Hall–Kier alpha value is -1.74. The molecule has 112 valence electrons. The van der Waals surface area contributed by atoms with Crippen molar-refractivity contribution in [2.75, 3.05) is 18.4 Å². The highest BCUT2D eigenvalue weighted by molar-refractivity contribution is 5.44. The summed E-state index contributed by atoms with van der Waals surface area (Å²) in [4.78, 5) is 2.54. The highest BCUT2D eigenvalue weighted by atomic mass is 15.1. The van der Waals surface area contributed by atoms with Crippen LogP contribution in [0.3, 0.4) is 0 Å². The molecule has 0 unspecified atom stereocenters. The van der Waals surface area contributed by atoms with E-state index in [1.165, 1.54) is 42.9 Å². The molecule has 0 spiro atoms. The van der Waals surface area contributed by atoms with Gasteiger partial charge in [-0.05, 0) is 62.7 Å². The van der Waals surface area contributed by atoms with Crippen LogP contribution in [0.15, 0.2) is 42.6 Å². The zero-order valence-electron chi connectivity index (χ0n) is 12.9. The van der Waals surface area contributed by atoms with Crippen molar-refractivity contribution in [2.24, 2.45) is 0 Å². The van der Waals surface area contributed by atoms with Crippen molar-refractivity contribution in [2.45, 2.75) is 39.4 Å². The summed E-state index contributed by atoms with van der Waals surface area (Å²) in [5.41, 5.74) is 3.95. The van der Waals surface area contributed by atoms with E-state index >= 15 is 0 Å². The number of nitrogens with one attached hydrogen (secondary N) is 1. The molecule has 1 aromatic carbocycles. The van der Waals surface area contributed by atoms with Crippen LogP contribution in [0.2, 0.25) is 0 Å². The maximum atomic E-state index is 3.51. The molecule has 1 aliphatic rings. The number of benzene rings is 1. The summed E-state index contributed by atoms with van der Waals surface area (Å²) in [6.45, 7) is 7.70. The highest BCUT2D eigenvalue weighted by Crippen LogP contribution is 2.16. The van der Waals surface area contributed by atoms with Crippen LogP contribution in [0.1, 0.15) is 31.0 Å². The summed E-state index contributed by atoms with van der Waals surface area (Å²) < 4.78 is 2.27. The molecule has 3 rings (SSSR count). The van der Waals surface area contributed by atoms with Crippen molar-refractivity contribution in [1.29, 1.82) is 0 Å². The molecule has 1 aliphatic heterocycles. The van der Waals surface area contributed by atoms with Crippen LogP contribution >= 0.6 is 0 Å². The van der Waals surface area contributed by atoms with Crippen molar-refractivity contribution in [1.82, 2.24) is 9.47 Å². The van der Waals surface area contributed by atoms with Crippen molar-refractivity contribution in [3.63, 3.8) is 0 Å². The zero-order valence-corrected chi connectivity index (χ0v) is 12.9. The van der Waals surface area contributed by atoms with Crippen LogP contribution in [-0.4, -0.2) is 22.6 Å². The maximum Gasteiger partial charge on any atom is 0.0553 e. The molecular formula is C18H25N3. The Kier molecular flexibility index (Phi) is 4.61. The number of likely N-dealkylation sites (tertiary alicyclic amines) is 1. The number of aromatic nitrogens is 1. The normalized spacial score (nSPS) is 15.5. The number of aryl methyl sites for hydroxylation is 1. The van der Waals surface area contributed by atoms with Gasteiger partial charge in [0, 0.05) is 30.7 Å². The molecule has 0 radical (unpaired) electrons. The Balaban J connectivity index is 1.54. The van der Waals surface area contributed by atoms with Gasteiger partial charge in [0.1, 0.15) is 0 Å². The summed E-state index contributed by atoms with van der Waals surface area (Å²) in [5.74, 6) is 0. The largest absolute Gasteiger partial charge is 0.379 e. The topological polar surface area (TPSA) is 20.2 Å². The molecular weight excluding hydrogens is 258 g/mol. The average Bonchev–Trinajstić information content (AvgIpc) is 3.17. The fourth-order valence-electron chi connectivity index (χ4n) is 3.04. The second-order valence-corrected chi connectivity index (χ2v) is 5.82. The summed E-state index contributed by atoms with van der Waals surface area (Å²) in [6.07, 6.45) is 4.85. The van der Waals surface area contributed by atoms with E-state index in [0.29, 0.717) is 0 Å². The summed E-state index contributed by atoms with van der Waals surface area (Å²) >= 11 is 0. The Bertz CT molecular complexity index is 550. The van der Waals surface area contributed by atoms with Crippen molar-refractivity contribution >= 4 is 5.69 Å². The molecule has 0 amide bonds. The molecule has 1 fully saturated rings. The van der Waals surface area contributed by atoms with Crippen LogP contribution in [-0.2, 0) is 19.6 Å². The lowest BCUT2D eigenvalue weighted by molar-refractivity contribution is 0.331. The van der Waals surface area contributed by atoms with Gasteiger partial charge in [0.05, 0.1) is 6.54 Å². The lowest BCUT2D eigenvalue weighted by Crippen LogP contribution is -2.18. The summed E-state index contributed by atoms with van der Waals surface area (Å²) in [6, 6.07) is 13.2. The second-order valence-electron chi connectivity index (χ2n) is 5.82. The smallest absolute Gasteiger partial charge is 0.0553 e. The Labute approximate surface area is 127 Å². The minimum atomic E-state index is 0.881. The van der Waals surface area contributed by atoms with Gasteiger partial charge in [0.25, 0.3) is 0 Å².